The molecule has 2 atom stereocenters. The van der Waals surface area contributed by atoms with Crippen molar-refractivity contribution in [2.75, 3.05) is 13.2 Å². The lowest BCUT2D eigenvalue weighted by Gasteiger charge is -2.20. The molecule has 340 valence electrons. The van der Waals surface area contributed by atoms with Gasteiger partial charge in [-0.05, 0) is 64.2 Å². The summed E-state index contributed by atoms with van der Waals surface area (Å²) in [6.07, 6.45) is 57.2. The van der Waals surface area contributed by atoms with Crippen molar-refractivity contribution in [3.63, 3.8) is 0 Å². The van der Waals surface area contributed by atoms with E-state index in [1.54, 1.807) is 6.08 Å². The number of allylic oxidation sites excluding steroid dienone is 5. The molecule has 0 spiro atoms. The first-order chi connectivity index (χ1) is 28.5. The van der Waals surface area contributed by atoms with Gasteiger partial charge in [-0.15, -0.1) is 0 Å². The first-order valence-electron chi connectivity index (χ1n) is 25.3. The molecule has 0 aliphatic heterocycles. The van der Waals surface area contributed by atoms with Gasteiger partial charge in [0, 0.05) is 12.8 Å². The monoisotopic (exact) mass is 816 g/mol. The van der Waals surface area contributed by atoms with Gasteiger partial charge in [-0.3, -0.25) is 9.59 Å². The fourth-order valence-corrected chi connectivity index (χ4v) is 7.49. The maximum Gasteiger partial charge on any atom is 0.305 e. The molecule has 0 saturated heterocycles. The Labute approximate surface area is 360 Å². The highest BCUT2D eigenvalue weighted by Gasteiger charge is 2.18. The number of unbranched alkanes of at least 4 members (excludes halogenated alkanes) is 31. The highest BCUT2D eigenvalue weighted by atomic mass is 16.5. The predicted molar refractivity (Wildman–Crippen MR) is 250 cm³/mol. The lowest BCUT2D eigenvalue weighted by atomic mass is 10.0. The number of amides is 1. The summed E-state index contributed by atoms with van der Waals surface area (Å²) < 4.78 is 5.47. The predicted octanol–water partition coefficient (Wildman–Crippen LogP) is 14.9. The summed E-state index contributed by atoms with van der Waals surface area (Å²) in [4.78, 5) is 24.4. The van der Waals surface area contributed by atoms with Crippen LogP contribution in [0.15, 0.2) is 36.5 Å². The SMILES string of the molecule is CCCCC/C=C\C/C=C\CCCCCCCCCCCC(=O)OCCCCCCCCCCCCCCCC(=O)NC(CO)C(O)/C=C/CCCCCCCCC. The van der Waals surface area contributed by atoms with Gasteiger partial charge in [0.1, 0.15) is 0 Å². The lowest BCUT2D eigenvalue weighted by Crippen LogP contribution is -2.45. The summed E-state index contributed by atoms with van der Waals surface area (Å²) in [5.74, 6) is -0.0963. The molecule has 1 amide bonds. The quantitative estimate of drug-likeness (QED) is 0.0323. The lowest BCUT2D eigenvalue weighted by molar-refractivity contribution is -0.143. The third kappa shape index (κ3) is 43.7. The van der Waals surface area contributed by atoms with Crippen molar-refractivity contribution in [3.8, 4) is 0 Å². The average molecular weight is 816 g/mol. The Morgan fingerprint density at radius 1 is 0.483 bits per heavy atom. The summed E-state index contributed by atoms with van der Waals surface area (Å²) in [6, 6.07) is -0.636. The summed E-state index contributed by atoms with van der Waals surface area (Å²) in [5, 5.41) is 22.9. The minimum atomic E-state index is -0.851. The van der Waals surface area contributed by atoms with E-state index in [1.807, 2.05) is 6.08 Å². The number of rotatable bonds is 46. The minimum absolute atomic E-state index is 0.0117. The van der Waals surface area contributed by atoms with Crippen molar-refractivity contribution in [2.24, 2.45) is 0 Å². The summed E-state index contributed by atoms with van der Waals surface area (Å²) in [6.45, 7) is 4.81. The van der Waals surface area contributed by atoms with Crippen LogP contribution in [0.4, 0.5) is 0 Å². The number of aliphatic hydroxyl groups is 2. The van der Waals surface area contributed by atoms with E-state index in [9.17, 15) is 19.8 Å². The molecule has 2 unspecified atom stereocenters. The molecule has 0 heterocycles. The van der Waals surface area contributed by atoms with E-state index < -0.39 is 12.1 Å². The Bertz CT molecular complexity index is 946. The molecule has 0 aromatic rings. The molecular formula is C52H97NO5. The van der Waals surface area contributed by atoms with Gasteiger partial charge in [-0.1, -0.05) is 217 Å². The fourth-order valence-electron chi connectivity index (χ4n) is 7.49. The smallest absolute Gasteiger partial charge is 0.305 e. The van der Waals surface area contributed by atoms with Crippen LogP contribution in [0.25, 0.3) is 0 Å². The third-order valence-electron chi connectivity index (χ3n) is 11.4. The summed E-state index contributed by atoms with van der Waals surface area (Å²) in [5.41, 5.74) is 0. The van der Waals surface area contributed by atoms with Crippen LogP contribution in [0, 0.1) is 0 Å². The topological polar surface area (TPSA) is 95.9 Å². The van der Waals surface area contributed by atoms with Crippen LogP contribution in [-0.4, -0.2) is 47.4 Å². The van der Waals surface area contributed by atoms with Crippen molar-refractivity contribution in [1.29, 1.82) is 0 Å². The molecule has 0 aliphatic carbocycles. The van der Waals surface area contributed by atoms with Crippen LogP contribution in [-0.2, 0) is 14.3 Å². The van der Waals surface area contributed by atoms with Crippen molar-refractivity contribution >= 4 is 11.9 Å². The van der Waals surface area contributed by atoms with E-state index in [-0.39, 0.29) is 18.5 Å². The van der Waals surface area contributed by atoms with Crippen molar-refractivity contribution in [2.45, 2.75) is 270 Å². The van der Waals surface area contributed by atoms with Gasteiger partial charge in [0.2, 0.25) is 5.91 Å². The second kappa shape index (κ2) is 47.8. The van der Waals surface area contributed by atoms with Crippen LogP contribution in [0.2, 0.25) is 0 Å². The molecule has 0 saturated carbocycles. The summed E-state index contributed by atoms with van der Waals surface area (Å²) >= 11 is 0. The van der Waals surface area contributed by atoms with Gasteiger partial charge < -0.3 is 20.3 Å². The molecule has 0 aromatic carbocycles. The molecule has 0 radical (unpaired) electrons. The zero-order chi connectivity index (χ0) is 42.3. The van der Waals surface area contributed by atoms with Crippen LogP contribution >= 0.6 is 0 Å². The van der Waals surface area contributed by atoms with Crippen LogP contribution < -0.4 is 5.32 Å². The van der Waals surface area contributed by atoms with Crippen LogP contribution in [0.1, 0.15) is 258 Å². The molecule has 6 heteroatoms. The van der Waals surface area contributed by atoms with Crippen molar-refractivity contribution in [3.05, 3.63) is 36.5 Å². The highest BCUT2D eigenvalue weighted by Crippen LogP contribution is 2.15. The molecule has 0 aliphatic rings. The Hall–Kier alpha value is -1.92. The maximum atomic E-state index is 12.4. The first-order valence-corrected chi connectivity index (χ1v) is 25.3. The molecule has 58 heavy (non-hydrogen) atoms. The number of hydrogen-bond donors (Lipinski definition) is 3. The van der Waals surface area contributed by atoms with Gasteiger partial charge in [0.05, 0.1) is 25.4 Å². The van der Waals surface area contributed by atoms with Crippen molar-refractivity contribution in [1.82, 2.24) is 5.32 Å². The molecule has 3 N–H and O–H groups in total. The Kier molecular flexibility index (Phi) is 46.2. The van der Waals surface area contributed by atoms with Gasteiger partial charge in [-0.25, -0.2) is 0 Å². The normalized spacial score (nSPS) is 13.0. The molecule has 0 rings (SSSR count). The zero-order valence-corrected chi connectivity index (χ0v) is 38.5. The van der Waals surface area contributed by atoms with Crippen molar-refractivity contribution < 1.29 is 24.5 Å². The number of ether oxygens (including phenoxy) is 1. The Morgan fingerprint density at radius 2 is 0.862 bits per heavy atom. The average Bonchev–Trinajstić information content (AvgIpc) is 3.22. The van der Waals surface area contributed by atoms with Gasteiger partial charge in [-0.2, -0.15) is 0 Å². The molecule has 0 bridgehead atoms. The summed E-state index contributed by atoms with van der Waals surface area (Å²) in [7, 11) is 0. The minimum Gasteiger partial charge on any atom is -0.466 e. The molecule has 6 nitrogen and oxygen atoms in total. The van der Waals surface area contributed by atoms with E-state index >= 15 is 0 Å². The third-order valence-corrected chi connectivity index (χ3v) is 11.4. The number of carbonyl (C=O) groups is 2. The van der Waals surface area contributed by atoms with Gasteiger partial charge >= 0.3 is 5.97 Å². The molecule has 0 fully saturated rings. The number of aliphatic hydroxyl groups excluding tert-OH is 2. The maximum absolute atomic E-state index is 12.4. The van der Waals surface area contributed by atoms with Gasteiger partial charge in [0.25, 0.3) is 0 Å². The molecule has 0 aromatic heterocycles. The standard InChI is InChI=1S/C52H97NO5/c1-3-5-7-9-11-13-14-15-16-17-18-19-20-23-26-30-34-38-42-46-52(57)58-47-43-39-35-31-27-24-21-22-25-29-33-37-41-45-51(56)53-49(48-54)50(55)44-40-36-32-28-12-10-8-6-4-2/h11,13,15-16,40,44,49-50,54-55H,3-10,12,14,17-39,41-43,45-48H2,1-2H3,(H,53,56)/b13-11-,16-15-,44-40+. The Balaban J connectivity index is 3.44. The Morgan fingerprint density at radius 3 is 1.34 bits per heavy atom. The molecular weight excluding hydrogens is 719 g/mol. The second-order valence-electron chi connectivity index (χ2n) is 17.1. The second-order valence-corrected chi connectivity index (χ2v) is 17.1. The number of carbonyl (C=O) groups excluding carboxylic acids is 2. The number of nitrogens with one attached hydrogen (secondary N) is 1. The van der Waals surface area contributed by atoms with Crippen LogP contribution in [0.3, 0.4) is 0 Å². The van der Waals surface area contributed by atoms with Gasteiger partial charge in [0.15, 0.2) is 0 Å². The van der Waals surface area contributed by atoms with E-state index in [2.05, 4.69) is 43.5 Å². The largest absolute Gasteiger partial charge is 0.466 e. The number of hydrogen-bond acceptors (Lipinski definition) is 5. The highest BCUT2D eigenvalue weighted by molar-refractivity contribution is 5.76. The van der Waals surface area contributed by atoms with Crippen LogP contribution in [0.5, 0.6) is 0 Å². The van der Waals surface area contributed by atoms with E-state index in [0.717, 1.165) is 64.2 Å². The fraction of sp³-hybridized carbons (Fsp3) is 0.846. The van der Waals surface area contributed by atoms with E-state index in [4.69, 9.17) is 4.74 Å². The number of esters is 1. The first kappa shape index (κ1) is 56.1. The van der Waals surface area contributed by atoms with E-state index in [0.29, 0.717) is 19.4 Å². The van der Waals surface area contributed by atoms with E-state index in [1.165, 1.54) is 167 Å². The zero-order valence-electron chi connectivity index (χ0n) is 38.5.